The van der Waals surface area contributed by atoms with E-state index in [2.05, 4.69) is 5.32 Å². The molecule has 3 aromatic rings. The number of anilines is 1. The number of para-hydroxylation sites is 1. The molecule has 0 unspecified atom stereocenters. The zero-order valence-electron chi connectivity index (χ0n) is 15.6. The molecule has 0 aliphatic heterocycles. The summed E-state index contributed by atoms with van der Waals surface area (Å²) in [6.07, 6.45) is 0. The average molecular weight is 390 g/mol. The third-order valence-electron chi connectivity index (χ3n) is 4.26. The SMILES string of the molecule is Cc1ccc(C(=O)OCc2ccc(C(=O)Nc3ccccc3)cc2)cc1[N+](=O)[O-]. The quantitative estimate of drug-likeness (QED) is 0.379. The summed E-state index contributed by atoms with van der Waals surface area (Å²) in [5.41, 5.74) is 2.31. The third-order valence-corrected chi connectivity index (χ3v) is 4.26. The van der Waals surface area contributed by atoms with Gasteiger partial charge in [0, 0.05) is 22.9 Å². The van der Waals surface area contributed by atoms with Crippen LogP contribution in [-0.4, -0.2) is 16.8 Å². The summed E-state index contributed by atoms with van der Waals surface area (Å²) in [5, 5.41) is 13.8. The molecule has 0 aromatic heterocycles. The van der Waals surface area contributed by atoms with Crippen LogP contribution >= 0.6 is 0 Å². The maximum atomic E-state index is 12.2. The van der Waals surface area contributed by atoms with Gasteiger partial charge in [-0.3, -0.25) is 14.9 Å². The van der Waals surface area contributed by atoms with Crippen LogP contribution in [-0.2, 0) is 11.3 Å². The largest absolute Gasteiger partial charge is 0.457 e. The molecule has 0 saturated heterocycles. The molecule has 146 valence electrons. The standard InChI is InChI=1S/C22H18N2O5/c1-15-7-10-18(13-20(15)24(27)28)22(26)29-14-16-8-11-17(12-9-16)21(25)23-19-5-3-2-4-6-19/h2-13H,14H2,1H3,(H,23,25). The summed E-state index contributed by atoms with van der Waals surface area (Å²) in [5.74, 6) is -0.897. The smallest absolute Gasteiger partial charge is 0.338 e. The highest BCUT2D eigenvalue weighted by atomic mass is 16.6. The fraction of sp³-hybridized carbons (Fsp3) is 0.0909. The van der Waals surface area contributed by atoms with Gasteiger partial charge in [0.2, 0.25) is 0 Å². The second-order valence-electron chi connectivity index (χ2n) is 6.35. The van der Waals surface area contributed by atoms with Crippen molar-refractivity contribution in [2.45, 2.75) is 13.5 Å². The zero-order chi connectivity index (χ0) is 20.8. The van der Waals surface area contributed by atoms with Crippen LogP contribution in [0.25, 0.3) is 0 Å². The van der Waals surface area contributed by atoms with E-state index in [0.717, 1.165) is 0 Å². The van der Waals surface area contributed by atoms with E-state index in [1.54, 1.807) is 43.3 Å². The van der Waals surface area contributed by atoms with Crippen LogP contribution in [0.15, 0.2) is 72.8 Å². The van der Waals surface area contributed by atoms with Gasteiger partial charge in [0.15, 0.2) is 0 Å². The Morgan fingerprint density at radius 2 is 1.62 bits per heavy atom. The van der Waals surface area contributed by atoms with Crippen molar-refractivity contribution in [3.05, 3.63) is 105 Å². The van der Waals surface area contributed by atoms with Crippen molar-refractivity contribution >= 4 is 23.3 Å². The summed E-state index contributed by atoms with van der Waals surface area (Å²) >= 11 is 0. The number of carbonyl (C=O) groups is 2. The summed E-state index contributed by atoms with van der Waals surface area (Å²) in [6, 6.07) is 19.9. The maximum Gasteiger partial charge on any atom is 0.338 e. The van der Waals surface area contributed by atoms with Gasteiger partial charge in [-0.05, 0) is 42.8 Å². The number of nitro benzene ring substituents is 1. The van der Waals surface area contributed by atoms with Gasteiger partial charge in [0.1, 0.15) is 6.61 Å². The lowest BCUT2D eigenvalue weighted by molar-refractivity contribution is -0.385. The molecule has 7 heteroatoms. The average Bonchev–Trinajstić information content (AvgIpc) is 2.73. The first kappa shape index (κ1) is 19.8. The van der Waals surface area contributed by atoms with Crippen LogP contribution in [0.2, 0.25) is 0 Å². The van der Waals surface area contributed by atoms with E-state index in [-0.39, 0.29) is 23.8 Å². The van der Waals surface area contributed by atoms with Gasteiger partial charge in [-0.25, -0.2) is 4.79 Å². The van der Waals surface area contributed by atoms with Crippen LogP contribution < -0.4 is 5.32 Å². The van der Waals surface area contributed by atoms with E-state index in [0.29, 0.717) is 22.4 Å². The summed E-state index contributed by atoms with van der Waals surface area (Å²) in [6.45, 7) is 1.59. The monoisotopic (exact) mass is 390 g/mol. The zero-order valence-corrected chi connectivity index (χ0v) is 15.6. The number of hydrogen-bond donors (Lipinski definition) is 1. The van der Waals surface area contributed by atoms with Crippen molar-refractivity contribution < 1.29 is 19.2 Å². The number of ether oxygens (including phenoxy) is 1. The number of carbonyl (C=O) groups excluding carboxylic acids is 2. The van der Waals surface area contributed by atoms with E-state index in [1.165, 1.54) is 18.2 Å². The molecule has 0 spiro atoms. The molecular weight excluding hydrogens is 372 g/mol. The first-order chi connectivity index (χ1) is 13.9. The van der Waals surface area contributed by atoms with Crippen LogP contribution in [0.3, 0.4) is 0 Å². The number of benzene rings is 3. The molecule has 0 radical (unpaired) electrons. The minimum absolute atomic E-state index is 0.0128. The molecule has 0 aliphatic rings. The van der Waals surface area contributed by atoms with E-state index < -0.39 is 10.9 Å². The molecule has 0 atom stereocenters. The van der Waals surface area contributed by atoms with Gasteiger partial charge < -0.3 is 10.1 Å². The minimum Gasteiger partial charge on any atom is -0.457 e. The van der Waals surface area contributed by atoms with Crippen molar-refractivity contribution in [3.8, 4) is 0 Å². The summed E-state index contributed by atoms with van der Waals surface area (Å²) in [4.78, 5) is 34.9. The first-order valence-corrected chi connectivity index (χ1v) is 8.81. The van der Waals surface area contributed by atoms with E-state index in [4.69, 9.17) is 4.74 Å². The first-order valence-electron chi connectivity index (χ1n) is 8.81. The lowest BCUT2D eigenvalue weighted by atomic mass is 10.1. The number of esters is 1. The molecule has 0 fully saturated rings. The Labute approximate surface area is 167 Å². The van der Waals surface area contributed by atoms with Gasteiger partial charge in [-0.2, -0.15) is 0 Å². The molecule has 29 heavy (non-hydrogen) atoms. The van der Waals surface area contributed by atoms with Gasteiger partial charge >= 0.3 is 5.97 Å². The van der Waals surface area contributed by atoms with E-state index in [9.17, 15) is 19.7 Å². The summed E-state index contributed by atoms with van der Waals surface area (Å²) in [7, 11) is 0. The topological polar surface area (TPSA) is 98.5 Å². The molecule has 1 N–H and O–H groups in total. The molecule has 0 saturated carbocycles. The Balaban J connectivity index is 1.60. The Kier molecular flexibility index (Phi) is 5.99. The lowest BCUT2D eigenvalue weighted by Crippen LogP contribution is -2.12. The maximum absolute atomic E-state index is 12.2. The highest BCUT2D eigenvalue weighted by Crippen LogP contribution is 2.20. The summed E-state index contributed by atoms with van der Waals surface area (Å²) < 4.78 is 5.22. The molecule has 3 aromatic carbocycles. The van der Waals surface area contributed by atoms with Crippen LogP contribution in [0.1, 0.15) is 31.8 Å². The Hall–Kier alpha value is -4.00. The van der Waals surface area contributed by atoms with Crippen molar-refractivity contribution in [2.24, 2.45) is 0 Å². The molecule has 0 heterocycles. The van der Waals surface area contributed by atoms with Crippen LogP contribution in [0.5, 0.6) is 0 Å². The second-order valence-corrected chi connectivity index (χ2v) is 6.35. The number of rotatable bonds is 6. The molecule has 3 rings (SSSR count). The molecule has 1 amide bonds. The predicted molar refractivity (Wildman–Crippen MR) is 108 cm³/mol. The third kappa shape index (κ3) is 5.04. The Morgan fingerprint density at radius 1 is 0.966 bits per heavy atom. The molecule has 7 nitrogen and oxygen atoms in total. The Morgan fingerprint density at radius 3 is 2.28 bits per heavy atom. The number of aryl methyl sites for hydroxylation is 1. The van der Waals surface area contributed by atoms with E-state index >= 15 is 0 Å². The predicted octanol–water partition coefficient (Wildman–Crippen LogP) is 4.51. The fourth-order valence-electron chi connectivity index (χ4n) is 2.64. The highest BCUT2D eigenvalue weighted by molar-refractivity contribution is 6.04. The number of nitro groups is 1. The van der Waals surface area contributed by atoms with Gasteiger partial charge in [-0.1, -0.05) is 36.4 Å². The molecule has 0 aliphatic carbocycles. The van der Waals surface area contributed by atoms with Crippen molar-refractivity contribution in [1.82, 2.24) is 0 Å². The van der Waals surface area contributed by atoms with Gasteiger partial charge in [0.05, 0.1) is 10.5 Å². The number of amides is 1. The Bertz CT molecular complexity index is 1050. The number of hydrogen-bond acceptors (Lipinski definition) is 5. The van der Waals surface area contributed by atoms with Crippen molar-refractivity contribution in [3.63, 3.8) is 0 Å². The van der Waals surface area contributed by atoms with Crippen molar-refractivity contribution in [1.29, 1.82) is 0 Å². The van der Waals surface area contributed by atoms with Crippen LogP contribution in [0.4, 0.5) is 11.4 Å². The lowest BCUT2D eigenvalue weighted by Gasteiger charge is -2.08. The van der Waals surface area contributed by atoms with Crippen LogP contribution in [0, 0.1) is 17.0 Å². The number of nitrogens with zero attached hydrogens (tertiary/aromatic N) is 1. The normalized spacial score (nSPS) is 10.2. The number of nitrogens with one attached hydrogen (secondary N) is 1. The molecular formula is C22H18N2O5. The van der Waals surface area contributed by atoms with Crippen molar-refractivity contribution in [2.75, 3.05) is 5.32 Å². The highest BCUT2D eigenvalue weighted by Gasteiger charge is 2.16. The fourth-order valence-corrected chi connectivity index (χ4v) is 2.64. The van der Waals surface area contributed by atoms with E-state index in [1.807, 2.05) is 18.2 Å². The molecule has 0 bridgehead atoms. The minimum atomic E-state index is -0.654. The van der Waals surface area contributed by atoms with Gasteiger partial charge in [-0.15, -0.1) is 0 Å². The second kappa shape index (κ2) is 8.79. The van der Waals surface area contributed by atoms with Gasteiger partial charge in [0.25, 0.3) is 11.6 Å².